The Labute approximate surface area is 190 Å². The van der Waals surface area contributed by atoms with E-state index >= 15 is 0 Å². The summed E-state index contributed by atoms with van der Waals surface area (Å²) in [5, 5.41) is 3.63. The molecule has 0 atom stereocenters. The summed E-state index contributed by atoms with van der Waals surface area (Å²) in [5.74, 6) is 0.651. The summed E-state index contributed by atoms with van der Waals surface area (Å²) >= 11 is 12.1. The lowest BCUT2D eigenvalue weighted by molar-refractivity contribution is -0.121. The normalized spacial score (nSPS) is 11.5. The van der Waals surface area contributed by atoms with Crippen LogP contribution in [0.5, 0.6) is 0 Å². The quantitative estimate of drug-likeness (QED) is 0.450. The van der Waals surface area contributed by atoms with Gasteiger partial charge in [-0.3, -0.25) is 4.79 Å². The zero-order valence-electron chi connectivity index (χ0n) is 16.7. The van der Waals surface area contributed by atoms with Crippen molar-refractivity contribution in [2.75, 3.05) is 13.1 Å². The Morgan fingerprint density at radius 1 is 1.10 bits per heavy atom. The van der Waals surface area contributed by atoms with Crippen LogP contribution in [0.4, 0.5) is 0 Å². The van der Waals surface area contributed by atoms with Crippen molar-refractivity contribution in [2.45, 2.75) is 24.7 Å². The topological polar surface area (TPSA) is 101 Å². The van der Waals surface area contributed by atoms with Crippen LogP contribution in [-0.2, 0) is 21.2 Å². The average molecular weight is 482 g/mol. The van der Waals surface area contributed by atoms with E-state index in [1.165, 1.54) is 12.1 Å². The number of benzene rings is 2. The van der Waals surface area contributed by atoms with E-state index in [-0.39, 0.29) is 30.3 Å². The number of carbonyl (C=O) groups is 1. The molecule has 31 heavy (non-hydrogen) atoms. The van der Waals surface area contributed by atoms with E-state index in [0.29, 0.717) is 33.7 Å². The molecule has 10 heteroatoms. The molecule has 1 aromatic heterocycles. The predicted molar refractivity (Wildman–Crippen MR) is 120 cm³/mol. The molecule has 0 unspecified atom stereocenters. The third-order valence-electron chi connectivity index (χ3n) is 4.39. The van der Waals surface area contributed by atoms with Crippen LogP contribution in [-0.4, -0.2) is 32.4 Å². The minimum absolute atomic E-state index is 0.0835. The number of carbonyl (C=O) groups excluding carboxylic acids is 1. The Balaban J connectivity index is 1.43. The molecule has 0 bridgehead atoms. The van der Waals surface area contributed by atoms with E-state index < -0.39 is 10.0 Å². The van der Waals surface area contributed by atoms with Gasteiger partial charge < -0.3 is 9.73 Å². The van der Waals surface area contributed by atoms with Gasteiger partial charge in [0.05, 0.1) is 16.1 Å². The molecule has 1 heterocycles. The predicted octanol–water partition coefficient (Wildman–Crippen LogP) is 3.98. The van der Waals surface area contributed by atoms with E-state index in [1.807, 2.05) is 6.92 Å². The number of halogens is 2. The summed E-state index contributed by atoms with van der Waals surface area (Å²) in [6, 6.07) is 11.6. The molecule has 0 radical (unpaired) electrons. The van der Waals surface area contributed by atoms with Gasteiger partial charge in [0.2, 0.25) is 15.9 Å². The van der Waals surface area contributed by atoms with Crippen LogP contribution in [0.1, 0.15) is 17.9 Å². The Hall–Kier alpha value is -2.39. The largest absolute Gasteiger partial charge is 0.441 e. The summed E-state index contributed by atoms with van der Waals surface area (Å²) in [7, 11) is -3.61. The first-order valence-electron chi connectivity index (χ1n) is 9.48. The molecule has 0 spiro atoms. The summed E-state index contributed by atoms with van der Waals surface area (Å²) < 4.78 is 32.5. The number of sulfonamides is 1. The second-order valence-corrected chi connectivity index (χ2v) is 9.41. The highest BCUT2D eigenvalue weighted by atomic mass is 35.5. The van der Waals surface area contributed by atoms with E-state index in [0.717, 1.165) is 5.56 Å². The molecule has 3 aromatic rings. The number of hydrogen-bond acceptors (Lipinski definition) is 5. The van der Waals surface area contributed by atoms with Crippen LogP contribution in [0.3, 0.4) is 0 Å². The molecule has 0 fully saturated rings. The van der Waals surface area contributed by atoms with Gasteiger partial charge in [-0.2, -0.15) is 0 Å². The zero-order chi connectivity index (χ0) is 22.4. The van der Waals surface area contributed by atoms with Gasteiger partial charge in [-0.15, -0.1) is 0 Å². The number of nitrogens with one attached hydrogen (secondary N) is 2. The zero-order valence-corrected chi connectivity index (χ0v) is 19.0. The lowest BCUT2D eigenvalue weighted by Gasteiger charge is -2.08. The third kappa shape index (κ3) is 6.54. The molecule has 0 aliphatic carbocycles. The monoisotopic (exact) mass is 481 g/mol. The van der Waals surface area contributed by atoms with Crippen LogP contribution in [0.15, 0.2) is 58.0 Å². The second kappa shape index (κ2) is 10.3. The lowest BCUT2D eigenvalue weighted by Crippen LogP contribution is -2.34. The van der Waals surface area contributed by atoms with Crippen LogP contribution in [0.25, 0.3) is 11.3 Å². The number of amides is 1. The molecule has 0 saturated heterocycles. The maximum atomic E-state index is 12.2. The molecular formula is C21H21Cl2N3O4S. The van der Waals surface area contributed by atoms with Gasteiger partial charge in [0.15, 0.2) is 11.7 Å². The van der Waals surface area contributed by atoms with Gasteiger partial charge >= 0.3 is 0 Å². The smallest absolute Gasteiger partial charge is 0.240 e. The Morgan fingerprint density at radius 3 is 2.55 bits per heavy atom. The minimum Gasteiger partial charge on any atom is -0.441 e. The maximum Gasteiger partial charge on any atom is 0.240 e. The average Bonchev–Trinajstić information content (AvgIpc) is 3.19. The molecule has 164 valence electrons. The van der Waals surface area contributed by atoms with Crippen molar-refractivity contribution < 1.29 is 17.6 Å². The minimum atomic E-state index is -3.61. The van der Waals surface area contributed by atoms with Crippen molar-refractivity contribution in [3.8, 4) is 11.3 Å². The molecule has 3 rings (SSSR count). The van der Waals surface area contributed by atoms with Gasteiger partial charge in [-0.05, 0) is 37.3 Å². The molecule has 2 N–H and O–H groups in total. The van der Waals surface area contributed by atoms with Crippen LogP contribution >= 0.6 is 23.2 Å². The van der Waals surface area contributed by atoms with E-state index in [9.17, 15) is 13.2 Å². The molecule has 0 aliphatic heterocycles. The number of aromatic nitrogens is 1. The SMILES string of the molecule is Cc1ccc(S(=O)(=O)NCCNC(=O)CCc2ncc(-c3ccc(Cl)cc3Cl)o2)cc1. The number of oxazole rings is 1. The molecule has 0 saturated carbocycles. The van der Waals surface area contributed by atoms with Crippen LogP contribution in [0.2, 0.25) is 10.0 Å². The Bertz CT molecular complexity index is 1160. The molecule has 7 nitrogen and oxygen atoms in total. The molecule has 1 amide bonds. The van der Waals surface area contributed by atoms with Crippen molar-refractivity contribution in [2.24, 2.45) is 0 Å². The molecular weight excluding hydrogens is 461 g/mol. The maximum absolute atomic E-state index is 12.2. The first kappa shape index (κ1) is 23.3. The summed E-state index contributed by atoms with van der Waals surface area (Å²) in [5.41, 5.74) is 1.63. The molecule has 0 aliphatic rings. The summed E-state index contributed by atoms with van der Waals surface area (Å²) in [6.45, 7) is 2.13. The Kier molecular flexibility index (Phi) is 7.72. The van der Waals surface area contributed by atoms with Gasteiger partial charge in [0, 0.05) is 36.5 Å². The first-order valence-corrected chi connectivity index (χ1v) is 11.7. The van der Waals surface area contributed by atoms with E-state index in [1.54, 1.807) is 36.5 Å². The summed E-state index contributed by atoms with van der Waals surface area (Å²) in [6.07, 6.45) is 1.99. The van der Waals surface area contributed by atoms with Crippen molar-refractivity contribution in [3.05, 3.63) is 70.2 Å². The number of hydrogen-bond donors (Lipinski definition) is 2. The van der Waals surface area contributed by atoms with Crippen molar-refractivity contribution in [1.82, 2.24) is 15.0 Å². The fourth-order valence-electron chi connectivity index (χ4n) is 2.74. The highest BCUT2D eigenvalue weighted by Crippen LogP contribution is 2.30. The van der Waals surface area contributed by atoms with Crippen LogP contribution in [0, 0.1) is 6.92 Å². The van der Waals surface area contributed by atoms with Gasteiger partial charge in [-0.1, -0.05) is 40.9 Å². The lowest BCUT2D eigenvalue weighted by atomic mass is 10.2. The van der Waals surface area contributed by atoms with Gasteiger partial charge in [0.1, 0.15) is 0 Å². The van der Waals surface area contributed by atoms with Crippen molar-refractivity contribution >= 4 is 39.1 Å². The van der Waals surface area contributed by atoms with Gasteiger partial charge in [0.25, 0.3) is 0 Å². The third-order valence-corrected chi connectivity index (χ3v) is 6.41. The highest BCUT2D eigenvalue weighted by molar-refractivity contribution is 7.89. The van der Waals surface area contributed by atoms with Gasteiger partial charge in [-0.25, -0.2) is 18.1 Å². The fraction of sp³-hybridized carbons (Fsp3) is 0.238. The molecule has 2 aromatic carbocycles. The number of nitrogens with zero attached hydrogens (tertiary/aromatic N) is 1. The van der Waals surface area contributed by atoms with E-state index in [4.69, 9.17) is 27.6 Å². The number of rotatable bonds is 9. The number of aryl methyl sites for hydroxylation is 2. The first-order chi connectivity index (χ1) is 14.7. The second-order valence-electron chi connectivity index (χ2n) is 6.80. The summed E-state index contributed by atoms with van der Waals surface area (Å²) in [4.78, 5) is 16.4. The fourth-order valence-corrected chi connectivity index (χ4v) is 4.27. The standard InChI is InChI=1S/C21H21Cl2N3O4S/c1-14-2-5-16(6-3-14)31(28,29)26-11-10-24-20(27)8-9-21-25-13-19(30-21)17-7-4-15(22)12-18(17)23/h2-7,12-13,26H,8-11H2,1H3,(H,24,27). The Morgan fingerprint density at radius 2 is 1.84 bits per heavy atom. The van der Waals surface area contributed by atoms with E-state index in [2.05, 4.69) is 15.0 Å². The van der Waals surface area contributed by atoms with Crippen molar-refractivity contribution in [1.29, 1.82) is 0 Å². The van der Waals surface area contributed by atoms with Crippen LogP contribution < -0.4 is 10.0 Å². The highest BCUT2D eigenvalue weighted by Gasteiger charge is 2.14. The van der Waals surface area contributed by atoms with Crippen molar-refractivity contribution in [3.63, 3.8) is 0 Å².